The zero-order valence-corrected chi connectivity index (χ0v) is 13.8. The molecule has 2 atom stereocenters. The summed E-state index contributed by atoms with van der Waals surface area (Å²) < 4.78 is 29.2. The molecule has 1 heterocycles. The lowest BCUT2D eigenvalue weighted by molar-refractivity contribution is 0.253. The second kappa shape index (κ2) is 8.97. The summed E-state index contributed by atoms with van der Waals surface area (Å²) in [6.45, 7) is 5.85. The molecule has 0 spiro atoms. The van der Waals surface area contributed by atoms with Gasteiger partial charge in [-0.3, -0.25) is 0 Å². The first-order chi connectivity index (χ1) is 9.55. The van der Waals surface area contributed by atoms with E-state index in [1.54, 1.807) is 4.31 Å². The highest BCUT2D eigenvalue weighted by Gasteiger charge is 2.31. The summed E-state index contributed by atoms with van der Waals surface area (Å²) in [4.78, 5) is 0. The predicted molar refractivity (Wildman–Crippen MR) is 83.6 cm³/mol. The summed E-state index contributed by atoms with van der Waals surface area (Å²) >= 11 is 0. The second-order valence-electron chi connectivity index (χ2n) is 5.77. The van der Waals surface area contributed by atoms with E-state index in [0.717, 1.165) is 44.9 Å². The molecule has 0 aliphatic carbocycles. The van der Waals surface area contributed by atoms with Crippen LogP contribution in [0, 0.1) is 5.92 Å². The first kappa shape index (κ1) is 17.9. The van der Waals surface area contributed by atoms with Gasteiger partial charge in [-0.2, -0.15) is 12.7 Å². The lowest BCUT2D eigenvalue weighted by atomic mass is 10.00. The van der Waals surface area contributed by atoms with Gasteiger partial charge in [0, 0.05) is 25.7 Å². The van der Waals surface area contributed by atoms with Crippen molar-refractivity contribution in [3.63, 3.8) is 0 Å². The van der Waals surface area contributed by atoms with E-state index in [4.69, 9.17) is 5.73 Å². The summed E-state index contributed by atoms with van der Waals surface area (Å²) in [7, 11) is -3.37. The monoisotopic (exact) mass is 305 g/mol. The molecule has 0 aromatic carbocycles. The van der Waals surface area contributed by atoms with E-state index in [0.29, 0.717) is 25.6 Å². The summed E-state index contributed by atoms with van der Waals surface area (Å²) in [5, 5.41) is 0. The fraction of sp³-hybridized carbons (Fsp3) is 1.00. The summed E-state index contributed by atoms with van der Waals surface area (Å²) in [5.74, 6) is 0.436. The Morgan fingerprint density at radius 3 is 2.70 bits per heavy atom. The molecule has 1 aliphatic rings. The van der Waals surface area contributed by atoms with E-state index >= 15 is 0 Å². The van der Waals surface area contributed by atoms with E-state index in [1.807, 2.05) is 0 Å². The molecular weight excluding hydrogens is 274 g/mol. The fourth-order valence-corrected chi connectivity index (χ4v) is 4.34. The number of hydrogen-bond acceptors (Lipinski definition) is 3. The Morgan fingerprint density at radius 2 is 2.10 bits per heavy atom. The number of nitrogens with two attached hydrogens (primary N) is 1. The van der Waals surface area contributed by atoms with Crippen molar-refractivity contribution in [3.8, 4) is 0 Å². The average Bonchev–Trinajstić information content (AvgIpc) is 2.47. The van der Waals surface area contributed by atoms with Gasteiger partial charge in [-0.1, -0.05) is 39.5 Å². The Hall–Kier alpha value is -0.170. The van der Waals surface area contributed by atoms with Gasteiger partial charge in [0.05, 0.1) is 0 Å². The summed E-state index contributed by atoms with van der Waals surface area (Å²) in [6, 6.07) is -0.0306. The third-order valence-corrected chi connectivity index (χ3v) is 5.88. The van der Waals surface area contributed by atoms with Gasteiger partial charge >= 0.3 is 0 Å². The predicted octanol–water partition coefficient (Wildman–Crippen LogP) is 1.85. The molecule has 2 unspecified atom stereocenters. The Labute approximate surface area is 124 Å². The molecule has 0 aromatic rings. The van der Waals surface area contributed by atoms with E-state index < -0.39 is 10.2 Å². The lowest BCUT2D eigenvalue weighted by Gasteiger charge is -2.34. The van der Waals surface area contributed by atoms with Crippen LogP contribution in [0.5, 0.6) is 0 Å². The minimum atomic E-state index is -3.37. The van der Waals surface area contributed by atoms with E-state index in [-0.39, 0.29) is 6.04 Å². The maximum Gasteiger partial charge on any atom is 0.279 e. The van der Waals surface area contributed by atoms with Crippen molar-refractivity contribution in [1.29, 1.82) is 0 Å². The molecule has 1 aliphatic heterocycles. The second-order valence-corrected chi connectivity index (χ2v) is 7.47. The molecule has 5 nitrogen and oxygen atoms in total. The minimum Gasteiger partial charge on any atom is -0.329 e. The van der Waals surface area contributed by atoms with Gasteiger partial charge < -0.3 is 5.73 Å². The minimum absolute atomic E-state index is 0.0306. The number of rotatable bonds is 9. The van der Waals surface area contributed by atoms with Gasteiger partial charge in [0.1, 0.15) is 0 Å². The largest absolute Gasteiger partial charge is 0.329 e. The number of piperidine rings is 1. The molecule has 0 bridgehead atoms. The van der Waals surface area contributed by atoms with Crippen molar-refractivity contribution >= 4 is 10.2 Å². The molecule has 1 saturated heterocycles. The number of unbranched alkanes of at least 4 members (excludes halogenated alkanes) is 1. The zero-order valence-electron chi connectivity index (χ0n) is 13.0. The Bertz CT molecular complexity index is 359. The smallest absolute Gasteiger partial charge is 0.279 e. The van der Waals surface area contributed by atoms with Crippen molar-refractivity contribution in [2.24, 2.45) is 11.7 Å². The Balaban J connectivity index is 2.54. The van der Waals surface area contributed by atoms with Crippen molar-refractivity contribution < 1.29 is 8.42 Å². The highest BCUT2D eigenvalue weighted by atomic mass is 32.2. The molecule has 0 saturated carbocycles. The standard InChI is InChI=1S/C14H31N3O2S/c1-3-5-8-13(4-2)12-16-20(18,19)17-10-7-6-9-14(17)11-15/h13-14,16H,3-12,15H2,1-2H3. The van der Waals surface area contributed by atoms with Gasteiger partial charge in [0.15, 0.2) is 0 Å². The highest BCUT2D eigenvalue weighted by Crippen LogP contribution is 2.19. The summed E-state index contributed by atoms with van der Waals surface area (Å²) in [6.07, 6.45) is 7.32. The molecule has 0 amide bonds. The molecular formula is C14H31N3O2S. The molecule has 1 rings (SSSR count). The maximum absolute atomic E-state index is 12.4. The van der Waals surface area contributed by atoms with Crippen molar-refractivity contribution in [1.82, 2.24) is 9.03 Å². The molecule has 20 heavy (non-hydrogen) atoms. The van der Waals surface area contributed by atoms with E-state index in [9.17, 15) is 8.42 Å². The Kier molecular flexibility index (Phi) is 8.02. The number of hydrogen-bond donors (Lipinski definition) is 2. The zero-order chi connectivity index (χ0) is 15.0. The highest BCUT2D eigenvalue weighted by molar-refractivity contribution is 7.87. The molecule has 6 heteroatoms. The van der Waals surface area contributed by atoms with Crippen molar-refractivity contribution in [2.75, 3.05) is 19.6 Å². The van der Waals surface area contributed by atoms with Crippen LogP contribution in [0.3, 0.4) is 0 Å². The molecule has 120 valence electrons. The molecule has 0 aromatic heterocycles. The van der Waals surface area contributed by atoms with E-state index in [1.165, 1.54) is 0 Å². The van der Waals surface area contributed by atoms with Crippen LogP contribution in [0.15, 0.2) is 0 Å². The summed E-state index contributed by atoms with van der Waals surface area (Å²) in [5.41, 5.74) is 5.70. The van der Waals surface area contributed by atoms with Crippen LogP contribution >= 0.6 is 0 Å². The van der Waals surface area contributed by atoms with Gasteiger partial charge in [0.2, 0.25) is 0 Å². The van der Waals surface area contributed by atoms with Crippen LogP contribution in [0.25, 0.3) is 0 Å². The third kappa shape index (κ3) is 5.31. The van der Waals surface area contributed by atoms with Gasteiger partial charge in [-0.25, -0.2) is 4.72 Å². The van der Waals surface area contributed by atoms with Crippen LogP contribution in [0.4, 0.5) is 0 Å². The lowest BCUT2D eigenvalue weighted by Crippen LogP contribution is -2.52. The van der Waals surface area contributed by atoms with Gasteiger partial charge in [-0.15, -0.1) is 0 Å². The molecule has 3 N–H and O–H groups in total. The van der Waals surface area contributed by atoms with Gasteiger partial charge in [0.25, 0.3) is 10.2 Å². The first-order valence-electron chi connectivity index (χ1n) is 8.01. The quantitative estimate of drug-likeness (QED) is 0.682. The van der Waals surface area contributed by atoms with Crippen molar-refractivity contribution in [3.05, 3.63) is 0 Å². The van der Waals surface area contributed by atoms with E-state index in [2.05, 4.69) is 18.6 Å². The number of nitrogens with one attached hydrogen (secondary N) is 1. The van der Waals surface area contributed by atoms with Crippen LogP contribution in [0.2, 0.25) is 0 Å². The fourth-order valence-electron chi connectivity index (χ4n) is 2.78. The molecule has 0 radical (unpaired) electrons. The number of nitrogens with zero attached hydrogens (tertiary/aromatic N) is 1. The SMILES string of the molecule is CCCCC(CC)CNS(=O)(=O)N1CCCCC1CN. The van der Waals surface area contributed by atoms with Gasteiger partial charge in [-0.05, 0) is 25.2 Å². The average molecular weight is 305 g/mol. The van der Waals surface area contributed by atoms with Crippen LogP contribution in [-0.4, -0.2) is 38.4 Å². The van der Waals surface area contributed by atoms with Crippen molar-refractivity contribution in [2.45, 2.75) is 64.8 Å². The van der Waals surface area contributed by atoms with Crippen LogP contribution in [-0.2, 0) is 10.2 Å². The normalized spacial score (nSPS) is 22.9. The Morgan fingerprint density at radius 1 is 1.35 bits per heavy atom. The topological polar surface area (TPSA) is 75.4 Å². The maximum atomic E-state index is 12.4. The molecule has 1 fully saturated rings. The van der Waals surface area contributed by atoms with Crippen LogP contribution < -0.4 is 10.5 Å². The third-order valence-electron chi connectivity index (χ3n) is 4.25. The first-order valence-corrected chi connectivity index (χ1v) is 9.45. The van der Waals surface area contributed by atoms with Crippen LogP contribution in [0.1, 0.15) is 58.8 Å².